The van der Waals surface area contributed by atoms with Crippen molar-refractivity contribution in [3.8, 4) is 0 Å². The van der Waals surface area contributed by atoms with Crippen LogP contribution in [-0.2, 0) is 0 Å². The molecule has 6 heteroatoms. The smallest absolute Gasteiger partial charge is 0.224 e. The molecule has 0 aliphatic rings. The summed E-state index contributed by atoms with van der Waals surface area (Å²) in [4.78, 5) is 10.8. The first-order valence-electron chi connectivity index (χ1n) is 7.29. The lowest BCUT2D eigenvalue weighted by Gasteiger charge is -2.11. The maximum atomic E-state index is 6.13. The molecule has 0 bridgehead atoms. The van der Waals surface area contributed by atoms with Crippen LogP contribution < -0.4 is 10.6 Å². The van der Waals surface area contributed by atoms with Gasteiger partial charge in [-0.3, -0.25) is 0 Å². The van der Waals surface area contributed by atoms with Crippen molar-refractivity contribution in [1.29, 1.82) is 0 Å². The van der Waals surface area contributed by atoms with Gasteiger partial charge in [-0.1, -0.05) is 17.7 Å². The van der Waals surface area contributed by atoms with Crippen molar-refractivity contribution < 1.29 is 0 Å². The van der Waals surface area contributed by atoms with Gasteiger partial charge < -0.3 is 15.5 Å². The number of benzene rings is 1. The van der Waals surface area contributed by atoms with Gasteiger partial charge in [-0.15, -0.1) is 0 Å². The van der Waals surface area contributed by atoms with E-state index in [1.54, 1.807) is 6.20 Å². The third-order valence-corrected chi connectivity index (χ3v) is 3.57. The van der Waals surface area contributed by atoms with Crippen LogP contribution in [0.3, 0.4) is 0 Å². The van der Waals surface area contributed by atoms with Gasteiger partial charge in [0.2, 0.25) is 5.95 Å². The molecule has 118 valence electrons. The molecule has 0 fully saturated rings. The molecule has 0 atom stereocenters. The van der Waals surface area contributed by atoms with Gasteiger partial charge in [-0.25, -0.2) is 4.98 Å². The monoisotopic (exact) mass is 319 g/mol. The van der Waals surface area contributed by atoms with Crippen molar-refractivity contribution in [2.75, 3.05) is 37.8 Å². The molecule has 22 heavy (non-hydrogen) atoms. The normalized spacial score (nSPS) is 10.8. The summed E-state index contributed by atoms with van der Waals surface area (Å²) in [5.41, 5.74) is 1.96. The van der Waals surface area contributed by atoms with Crippen molar-refractivity contribution in [3.63, 3.8) is 0 Å². The van der Waals surface area contributed by atoms with Gasteiger partial charge in [0.25, 0.3) is 0 Å². The highest BCUT2D eigenvalue weighted by Gasteiger charge is 2.02. The van der Waals surface area contributed by atoms with Crippen LogP contribution in [0.15, 0.2) is 30.5 Å². The van der Waals surface area contributed by atoms with E-state index in [4.69, 9.17) is 11.6 Å². The summed E-state index contributed by atoms with van der Waals surface area (Å²) in [5, 5.41) is 7.21. The lowest BCUT2D eigenvalue weighted by Crippen LogP contribution is -2.17. The van der Waals surface area contributed by atoms with Gasteiger partial charge in [0.1, 0.15) is 5.82 Å². The molecule has 1 aromatic carbocycles. The van der Waals surface area contributed by atoms with E-state index in [-0.39, 0.29) is 0 Å². The molecule has 0 amide bonds. The molecule has 0 radical (unpaired) electrons. The molecule has 0 spiro atoms. The molecule has 2 aromatic rings. The standard InChI is InChI=1S/C16H22ClN5/c1-12-5-6-13(11-14(12)17)20-15-7-9-19-16(21-15)18-8-4-10-22(2)3/h5-7,9,11H,4,8,10H2,1-3H3,(H2,18,19,20,21). The van der Waals surface area contributed by atoms with Gasteiger partial charge in [0, 0.05) is 23.5 Å². The molecule has 2 N–H and O–H groups in total. The fourth-order valence-electron chi connectivity index (χ4n) is 1.93. The third kappa shape index (κ3) is 5.16. The minimum absolute atomic E-state index is 0.627. The summed E-state index contributed by atoms with van der Waals surface area (Å²) in [6.45, 7) is 3.86. The van der Waals surface area contributed by atoms with Gasteiger partial charge in [0.15, 0.2) is 0 Å². The zero-order valence-electron chi connectivity index (χ0n) is 13.2. The fraction of sp³-hybridized carbons (Fsp3) is 0.375. The maximum absolute atomic E-state index is 6.13. The Labute approximate surface area is 136 Å². The molecular weight excluding hydrogens is 298 g/mol. The first kappa shape index (κ1) is 16.5. The number of hydrogen-bond acceptors (Lipinski definition) is 5. The molecule has 1 heterocycles. The first-order chi connectivity index (χ1) is 10.5. The first-order valence-corrected chi connectivity index (χ1v) is 7.67. The lowest BCUT2D eigenvalue weighted by atomic mass is 10.2. The second kappa shape index (κ2) is 7.96. The van der Waals surface area contributed by atoms with Crippen molar-refractivity contribution >= 4 is 29.1 Å². The van der Waals surface area contributed by atoms with Crippen LogP contribution >= 0.6 is 11.6 Å². The fourth-order valence-corrected chi connectivity index (χ4v) is 2.11. The molecule has 0 aliphatic heterocycles. The number of aromatic nitrogens is 2. The molecule has 0 saturated carbocycles. The summed E-state index contributed by atoms with van der Waals surface area (Å²) in [7, 11) is 4.13. The Bertz CT molecular complexity index is 615. The van der Waals surface area contributed by atoms with Gasteiger partial charge in [-0.05, 0) is 57.7 Å². The van der Waals surface area contributed by atoms with Crippen LogP contribution in [-0.4, -0.2) is 42.1 Å². The van der Waals surface area contributed by atoms with Crippen LogP contribution in [0.25, 0.3) is 0 Å². The summed E-state index contributed by atoms with van der Waals surface area (Å²) >= 11 is 6.13. The SMILES string of the molecule is Cc1ccc(Nc2ccnc(NCCCN(C)C)n2)cc1Cl. The number of nitrogens with one attached hydrogen (secondary N) is 2. The molecule has 0 saturated heterocycles. The zero-order valence-corrected chi connectivity index (χ0v) is 14.0. The van der Waals surface area contributed by atoms with Crippen molar-refractivity contribution in [1.82, 2.24) is 14.9 Å². The summed E-state index contributed by atoms with van der Waals surface area (Å²) in [6, 6.07) is 7.68. The Balaban J connectivity index is 1.94. The van der Waals surface area contributed by atoms with E-state index in [1.807, 2.05) is 31.2 Å². The third-order valence-electron chi connectivity index (χ3n) is 3.17. The Morgan fingerprint density at radius 1 is 1.23 bits per heavy atom. The van der Waals surface area contributed by atoms with E-state index in [1.165, 1.54) is 0 Å². The predicted molar refractivity (Wildman–Crippen MR) is 93.2 cm³/mol. The summed E-state index contributed by atoms with van der Waals surface area (Å²) in [5.74, 6) is 1.37. The Hall–Kier alpha value is -1.85. The molecule has 0 aliphatic carbocycles. The number of rotatable bonds is 7. The highest BCUT2D eigenvalue weighted by Crippen LogP contribution is 2.22. The lowest BCUT2D eigenvalue weighted by molar-refractivity contribution is 0.405. The van der Waals surface area contributed by atoms with Gasteiger partial charge >= 0.3 is 0 Å². The van der Waals surface area contributed by atoms with Crippen molar-refractivity contribution in [3.05, 3.63) is 41.0 Å². The number of nitrogens with zero attached hydrogens (tertiary/aromatic N) is 3. The second-order valence-electron chi connectivity index (χ2n) is 5.44. The molecule has 2 rings (SSSR count). The number of hydrogen-bond donors (Lipinski definition) is 2. The van der Waals surface area contributed by atoms with Crippen LogP contribution in [0.1, 0.15) is 12.0 Å². The van der Waals surface area contributed by atoms with Crippen LogP contribution in [0.5, 0.6) is 0 Å². The second-order valence-corrected chi connectivity index (χ2v) is 5.85. The average Bonchev–Trinajstić information content (AvgIpc) is 2.48. The molecular formula is C16H22ClN5. The zero-order chi connectivity index (χ0) is 15.9. The Morgan fingerprint density at radius 2 is 2.05 bits per heavy atom. The van der Waals surface area contributed by atoms with E-state index >= 15 is 0 Å². The Morgan fingerprint density at radius 3 is 2.77 bits per heavy atom. The molecule has 1 aromatic heterocycles. The van der Waals surface area contributed by atoms with E-state index < -0.39 is 0 Å². The molecule has 5 nitrogen and oxygen atoms in total. The minimum atomic E-state index is 0.627. The minimum Gasteiger partial charge on any atom is -0.354 e. The van der Waals surface area contributed by atoms with Crippen LogP contribution in [0.2, 0.25) is 5.02 Å². The van der Waals surface area contributed by atoms with E-state index in [9.17, 15) is 0 Å². The predicted octanol–water partition coefficient (Wildman–Crippen LogP) is 3.55. The van der Waals surface area contributed by atoms with Gasteiger partial charge in [0.05, 0.1) is 0 Å². The van der Waals surface area contributed by atoms with E-state index in [0.29, 0.717) is 5.95 Å². The molecule has 0 unspecified atom stereocenters. The van der Waals surface area contributed by atoms with E-state index in [0.717, 1.165) is 41.6 Å². The number of anilines is 3. The maximum Gasteiger partial charge on any atom is 0.224 e. The highest BCUT2D eigenvalue weighted by atomic mass is 35.5. The van der Waals surface area contributed by atoms with E-state index in [2.05, 4.69) is 39.6 Å². The quantitative estimate of drug-likeness (QED) is 0.764. The average molecular weight is 320 g/mol. The highest BCUT2D eigenvalue weighted by molar-refractivity contribution is 6.31. The summed E-state index contributed by atoms with van der Waals surface area (Å²) < 4.78 is 0. The number of aryl methyl sites for hydroxylation is 1. The van der Waals surface area contributed by atoms with Crippen LogP contribution in [0.4, 0.5) is 17.5 Å². The van der Waals surface area contributed by atoms with Crippen molar-refractivity contribution in [2.45, 2.75) is 13.3 Å². The van der Waals surface area contributed by atoms with Gasteiger partial charge in [-0.2, -0.15) is 4.98 Å². The topological polar surface area (TPSA) is 53.1 Å². The van der Waals surface area contributed by atoms with Crippen LogP contribution in [0, 0.1) is 6.92 Å². The number of halogens is 1. The Kier molecular flexibility index (Phi) is 5.98. The van der Waals surface area contributed by atoms with Crippen molar-refractivity contribution in [2.24, 2.45) is 0 Å². The summed E-state index contributed by atoms with van der Waals surface area (Å²) in [6.07, 6.45) is 2.78. The largest absolute Gasteiger partial charge is 0.354 e.